The molecule has 0 heterocycles. The Balaban J connectivity index is 1.92. The summed E-state index contributed by atoms with van der Waals surface area (Å²) in [5.41, 5.74) is -1.35. The van der Waals surface area contributed by atoms with Crippen LogP contribution in [0.5, 0.6) is 0 Å². The van der Waals surface area contributed by atoms with Crippen LogP contribution in [0.3, 0.4) is 0 Å². The Morgan fingerprint density at radius 2 is 1.73 bits per heavy atom. The van der Waals surface area contributed by atoms with Crippen molar-refractivity contribution in [3.05, 3.63) is 65.5 Å². The Morgan fingerprint density at radius 3 is 2.32 bits per heavy atom. The van der Waals surface area contributed by atoms with Crippen molar-refractivity contribution in [2.24, 2.45) is 0 Å². The molecule has 2 amide bonds. The minimum absolute atomic E-state index is 0.0574. The topological polar surface area (TPSA) is 86.8 Å². The first-order valence-electron chi connectivity index (χ1n) is 11.8. The van der Waals surface area contributed by atoms with Crippen molar-refractivity contribution in [3.63, 3.8) is 0 Å². The summed E-state index contributed by atoms with van der Waals surface area (Å²) in [4.78, 5) is 27.5. The van der Waals surface area contributed by atoms with E-state index in [1.165, 1.54) is 25.1 Å². The number of nitrogens with one attached hydrogen (secondary N) is 1. The largest absolute Gasteiger partial charge is 0.416 e. The molecule has 0 aliphatic heterocycles. The molecule has 0 saturated heterocycles. The van der Waals surface area contributed by atoms with Gasteiger partial charge in [-0.2, -0.15) is 13.2 Å². The molecule has 1 saturated carbocycles. The minimum Gasteiger partial charge on any atom is -0.352 e. The van der Waals surface area contributed by atoms with E-state index >= 15 is 0 Å². The minimum atomic E-state index is -4.73. The zero-order valence-corrected chi connectivity index (χ0v) is 21.3. The van der Waals surface area contributed by atoms with Gasteiger partial charge in [0.15, 0.2) is 0 Å². The van der Waals surface area contributed by atoms with E-state index in [1.54, 1.807) is 6.07 Å². The van der Waals surface area contributed by atoms with Crippen molar-refractivity contribution in [2.75, 3.05) is 17.1 Å². The van der Waals surface area contributed by atoms with Gasteiger partial charge < -0.3 is 10.2 Å². The lowest BCUT2D eigenvalue weighted by Crippen LogP contribution is -2.52. The maximum Gasteiger partial charge on any atom is 0.416 e. The first-order valence-corrected chi connectivity index (χ1v) is 13.6. The summed E-state index contributed by atoms with van der Waals surface area (Å²) in [7, 11) is -4.21. The molecule has 2 aromatic rings. The highest BCUT2D eigenvalue weighted by Gasteiger charge is 2.34. The second-order valence-corrected chi connectivity index (χ2v) is 11.0. The predicted octanol–water partition coefficient (Wildman–Crippen LogP) is 4.09. The molecular weight excluding hydrogens is 514 g/mol. The van der Waals surface area contributed by atoms with Gasteiger partial charge in [-0.25, -0.2) is 12.8 Å². The molecule has 0 radical (unpaired) electrons. The van der Waals surface area contributed by atoms with Crippen LogP contribution in [-0.4, -0.2) is 50.0 Å². The van der Waals surface area contributed by atoms with Gasteiger partial charge in [-0.05, 0) is 44.0 Å². The lowest BCUT2D eigenvalue weighted by Gasteiger charge is -2.32. The molecule has 0 aromatic heterocycles. The highest BCUT2D eigenvalue weighted by atomic mass is 32.2. The Bertz CT molecular complexity index is 1230. The molecule has 202 valence electrons. The molecule has 1 N–H and O–H groups in total. The third-order valence-electron chi connectivity index (χ3n) is 6.31. The van der Waals surface area contributed by atoms with Crippen molar-refractivity contribution in [2.45, 2.75) is 57.4 Å². The van der Waals surface area contributed by atoms with Crippen molar-refractivity contribution in [1.29, 1.82) is 0 Å². The van der Waals surface area contributed by atoms with Gasteiger partial charge >= 0.3 is 6.18 Å². The Hall–Kier alpha value is -3.15. The fourth-order valence-electron chi connectivity index (χ4n) is 4.24. The number of halogens is 4. The van der Waals surface area contributed by atoms with Gasteiger partial charge in [-0.1, -0.05) is 37.1 Å². The third-order valence-corrected chi connectivity index (χ3v) is 7.45. The Morgan fingerprint density at radius 1 is 1.08 bits per heavy atom. The van der Waals surface area contributed by atoms with Crippen LogP contribution in [0.2, 0.25) is 0 Å². The van der Waals surface area contributed by atoms with Gasteiger partial charge in [0.2, 0.25) is 21.8 Å². The van der Waals surface area contributed by atoms with Gasteiger partial charge in [0.05, 0.1) is 17.5 Å². The van der Waals surface area contributed by atoms with E-state index in [1.807, 2.05) is 0 Å². The van der Waals surface area contributed by atoms with Crippen LogP contribution in [0.25, 0.3) is 0 Å². The number of rotatable bonds is 9. The summed E-state index contributed by atoms with van der Waals surface area (Å²) in [6.45, 7) is 0.221. The molecule has 1 fully saturated rings. The quantitative estimate of drug-likeness (QED) is 0.483. The number of carbonyl (C=O) groups is 2. The van der Waals surface area contributed by atoms with E-state index < -0.39 is 52.0 Å². The van der Waals surface area contributed by atoms with E-state index in [-0.39, 0.29) is 23.8 Å². The number of amides is 2. The summed E-state index contributed by atoms with van der Waals surface area (Å²) >= 11 is 0. The van der Waals surface area contributed by atoms with Crippen molar-refractivity contribution >= 4 is 27.5 Å². The second-order valence-electron chi connectivity index (χ2n) is 9.10. The van der Waals surface area contributed by atoms with E-state index in [0.29, 0.717) is 10.4 Å². The molecule has 7 nitrogen and oxygen atoms in total. The lowest BCUT2D eigenvalue weighted by atomic mass is 10.1. The molecule has 1 aliphatic rings. The normalized spacial score (nSPS) is 15.3. The summed E-state index contributed by atoms with van der Waals surface area (Å²) in [6, 6.07) is 8.06. The number of nitrogens with zero attached hydrogens (tertiary/aromatic N) is 2. The van der Waals surface area contributed by atoms with Gasteiger partial charge in [0, 0.05) is 18.2 Å². The van der Waals surface area contributed by atoms with Crippen LogP contribution in [0.4, 0.5) is 23.2 Å². The van der Waals surface area contributed by atoms with Crippen molar-refractivity contribution in [3.8, 4) is 0 Å². The standard InChI is InChI=1S/C25H29F4N3O4S/c1-17(24(34)30-20-10-4-5-11-20)31(15-18-8-3-6-13-22(18)26)23(33)16-32(37(2,35)36)21-12-7-9-19(14-21)25(27,28)29/h3,6-9,12-14,17,20H,4-5,10-11,15-16H2,1-2H3,(H,30,34)/t17-/m0/s1. The molecule has 0 unspecified atom stereocenters. The summed E-state index contributed by atoms with van der Waals surface area (Å²) in [6.07, 6.45) is -0.478. The van der Waals surface area contributed by atoms with Gasteiger partial charge in [-0.3, -0.25) is 13.9 Å². The molecule has 1 aliphatic carbocycles. The maximum absolute atomic E-state index is 14.4. The zero-order valence-electron chi connectivity index (χ0n) is 20.5. The molecule has 2 aromatic carbocycles. The summed E-state index contributed by atoms with van der Waals surface area (Å²) in [5.74, 6) is -1.98. The zero-order chi connectivity index (χ0) is 27.4. The van der Waals surface area contributed by atoms with Gasteiger partial charge in [-0.15, -0.1) is 0 Å². The highest BCUT2D eigenvalue weighted by Crippen LogP contribution is 2.32. The predicted molar refractivity (Wildman–Crippen MR) is 130 cm³/mol. The number of hydrogen-bond donors (Lipinski definition) is 1. The molecule has 0 spiro atoms. The summed E-state index contributed by atoms with van der Waals surface area (Å²) in [5, 5.41) is 2.87. The fourth-order valence-corrected chi connectivity index (χ4v) is 5.08. The molecule has 3 rings (SSSR count). The SMILES string of the molecule is C[C@@H](C(=O)NC1CCCC1)N(Cc1ccccc1F)C(=O)CN(c1cccc(C(F)(F)F)c1)S(C)(=O)=O. The molecule has 12 heteroatoms. The Labute approximate surface area is 213 Å². The van der Waals surface area contributed by atoms with E-state index in [4.69, 9.17) is 0 Å². The van der Waals surface area contributed by atoms with E-state index in [2.05, 4.69) is 5.32 Å². The number of alkyl halides is 3. The van der Waals surface area contributed by atoms with Crippen LogP contribution in [0, 0.1) is 5.82 Å². The average Bonchev–Trinajstić information content (AvgIpc) is 3.33. The van der Waals surface area contributed by atoms with E-state index in [0.717, 1.165) is 55.0 Å². The van der Waals surface area contributed by atoms with Crippen LogP contribution < -0.4 is 9.62 Å². The highest BCUT2D eigenvalue weighted by molar-refractivity contribution is 7.92. The number of hydrogen-bond acceptors (Lipinski definition) is 4. The molecule has 37 heavy (non-hydrogen) atoms. The number of benzene rings is 2. The van der Waals surface area contributed by atoms with Crippen molar-refractivity contribution in [1.82, 2.24) is 10.2 Å². The van der Waals surface area contributed by atoms with Crippen LogP contribution >= 0.6 is 0 Å². The first kappa shape index (κ1) is 28.4. The third kappa shape index (κ3) is 7.43. The van der Waals surface area contributed by atoms with Crippen molar-refractivity contribution < 1.29 is 35.6 Å². The number of anilines is 1. The van der Waals surface area contributed by atoms with Gasteiger partial charge in [0.25, 0.3) is 0 Å². The van der Waals surface area contributed by atoms with Crippen LogP contribution in [0.15, 0.2) is 48.5 Å². The summed E-state index contributed by atoms with van der Waals surface area (Å²) < 4.78 is 79.7. The number of carbonyl (C=O) groups excluding carboxylic acids is 2. The van der Waals surface area contributed by atoms with Gasteiger partial charge in [0.1, 0.15) is 18.4 Å². The Kier molecular flexibility index (Phi) is 8.83. The number of sulfonamides is 1. The van der Waals surface area contributed by atoms with Crippen LogP contribution in [0.1, 0.15) is 43.7 Å². The van der Waals surface area contributed by atoms with E-state index in [9.17, 15) is 35.6 Å². The second kappa shape index (κ2) is 11.5. The average molecular weight is 544 g/mol. The fraction of sp³-hybridized carbons (Fsp3) is 0.440. The smallest absolute Gasteiger partial charge is 0.352 e. The van der Waals surface area contributed by atoms with Crippen LogP contribution in [-0.2, 0) is 32.3 Å². The lowest BCUT2D eigenvalue weighted by molar-refractivity contribution is -0.139. The maximum atomic E-state index is 14.4. The monoisotopic (exact) mass is 543 g/mol. The molecular formula is C25H29F4N3O4S. The molecule has 0 bridgehead atoms. The first-order chi connectivity index (χ1) is 17.3. The molecule has 1 atom stereocenters.